The van der Waals surface area contributed by atoms with Gasteiger partial charge in [-0.15, -0.1) is 0 Å². The zero-order valence-corrected chi connectivity index (χ0v) is 20.3. The van der Waals surface area contributed by atoms with Crippen molar-refractivity contribution in [1.29, 1.82) is 0 Å². The first kappa shape index (κ1) is 25.4. The van der Waals surface area contributed by atoms with Crippen LogP contribution in [0.4, 0.5) is 0 Å². The highest BCUT2D eigenvalue weighted by molar-refractivity contribution is 5.94. The Kier molecular flexibility index (Phi) is 10.7. The fraction of sp³-hybridized carbons (Fsp3) is 0.462. The second-order valence-electron chi connectivity index (χ2n) is 7.94. The summed E-state index contributed by atoms with van der Waals surface area (Å²) in [7, 11) is 3.55. The van der Waals surface area contributed by atoms with Crippen molar-refractivity contribution >= 4 is 11.9 Å². The molecule has 0 saturated heterocycles. The quantitative estimate of drug-likeness (QED) is 0.417. The van der Waals surface area contributed by atoms with Crippen molar-refractivity contribution in [1.82, 2.24) is 20.4 Å². The van der Waals surface area contributed by atoms with Crippen LogP contribution in [0.2, 0.25) is 0 Å². The van der Waals surface area contributed by atoms with Crippen molar-refractivity contribution < 1.29 is 4.79 Å². The van der Waals surface area contributed by atoms with Crippen LogP contribution >= 0.6 is 0 Å². The molecule has 0 spiro atoms. The van der Waals surface area contributed by atoms with E-state index in [0.29, 0.717) is 6.54 Å². The van der Waals surface area contributed by atoms with E-state index in [0.717, 1.165) is 49.7 Å². The van der Waals surface area contributed by atoms with Gasteiger partial charge in [-0.05, 0) is 49.7 Å². The normalized spacial score (nSPS) is 12.5. The van der Waals surface area contributed by atoms with E-state index in [2.05, 4.69) is 72.7 Å². The van der Waals surface area contributed by atoms with Gasteiger partial charge in [0.2, 0.25) is 0 Å². The minimum atomic E-state index is 0.0260. The van der Waals surface area contributed by atoms with Crippen molar-refractivity contribution in [3.05, 3.63) is 71.3 Å². The number of amides is 1. The number of aliphatic imine (C=N–C) groups is 1. The Balaban J connectivity index is 2.04. The maximum absolute atomic E-state index is 12.2. The largest absolute Gasteiger partial charge is 0.357 e. The number of nitrogens with one attached hydrogen (secondary N) is 2. The van der Waals surface area contributed by atoms with Gasteiger partial charge in [0, 0.05) is 32.7 Å². The molecule has 2 aromatic carbocycles. The molecular weight excluding hydrogens is 398 g/mol. The molecule has 0 aliphatic carbocycles. The summed E-state index contributed by atoms with van der Waals surface area (Å²) in [5.41, 5.74) is 3.14. The Morgan fingerprint density at radius 3 is 2.31 bits per heavy atom. The highest BCUT2D eigenvalue weighted by Crippen LogP contribution is 2.20. The maximum Gasteiger partial charge on any atom is 0.253 e. The molecule has 0 aliphatic heterocycles. The van der Waals surface area contributed by atoms with Crippen LogP contribution in [-0.2, 0) is 6.42 Å². The Morgan fingerprint density at radius 1 is 0.969 bits per heavy atom. The fourth-order valence-corrected chi connectivity index (χ4v) is 3.73. The van der Waals surface area contributed by atoms with Crippen LogP contribution in [0, 0.1) is 0 Å². The number of hydrogen-bond acceptors (Lipinski definition) is 3. The number of nitrogens with zero attached hydrogens (tertiary/aromatic N) is 3. The average Bonchev–Trinajstić information content (AvgIpc) is 2.81. The van der Waals surface area contributed by atoms with Gasteiger partial charge in [0.1, 0.15) is 0 Å². The molecule has 0 aromatic heterocycles. The molecule has 2 aromatic rings. The minimum absolute atomic E-state index is 0.0260. The van der Waals surface area contributed by atoms with Crippen LogP contribution in [0.15, 0.2) is 59.6 Å². The van der Waals surface area contributed by atoms with E-state index in [9.17, 15) is 4.79 Å². The molecule has 6 nitrogen and oxygen atoms in total. The minimum Gasteiger partial charge on any atom is -0.357 e. The summed E-state index contributed by atoms with van der Waals surface area (Å²) in [6.07, 6.45) is 0.817. The molecule has 0 fully saturated rings. The van der Waals surface area contributed by atoms with Crippen molar-refractivity contribution in [2.75, 3.05) is 46.8 Å². The summed E-state index contributed by atoms with van der Waals surface area (Å²) < 4.78 is 0. The van der Waals surface area contributed by atoms with E-state index >= 15 is 0 Å². The molecule has 1 unspecified atom stereocenters. The maximum atomic E-state index is 12.2. The molecule has 0 bridgehead atoms. The molecule has 2 rings (SSSR count). The van der Waals surface area contributed by atoms with Gasteiger partial charge >= 0.3 is 0 Å². The number of carbonyl (C=O) groups excluding carboxylic acids is 1. The van der Waals surface area contributed by atoms with E-state index in [1.807, 2.05) is 18.2 Å². The van der Waals surface area contributed by atoms with Crippen LogP contribution in [0.5, 0.6) is 0 Å². The summed E-state index contributed by atoms with van der Waals surface area (Å²) in [6, 6.07) is 18.7. The lowest BCUT2D eigenvalue weighted by Crippen LogP contribution is -2.39. The number of guanidine groups is 1. The lowest BCUT2D eigenvalue weighted by atomic mass is 10.1. The smallest absolute Gasteiger partial charge is 0.253 e. The first-order valence-electron chi connectivity index (χ1n) is 11.6. The van der Waals surface area contributed by atoms with E-state index in [4.69, 9.17) is 4.99 Å². The van der Waals surface area contributed by atoms with Gasteiger partial charge < -0.3 is 15.5 Å². The number of hydrogen-bond donors (Lipinski definition) is 2. The summed E-state index contributed by atoms with van der Waals surface area (Å²) in [4.78, 5) is 21.2. The van der Waals surface area contributed by atoms with Gasteiger partial charge in [-0.2, -0.15) is 0 Å². The highest BCUT2D eigenvalue weighted by Gasteiger charge is 2.17. The van der Waals surface area contributed by atoms with Gasteiger partial charge in [-0.1, -0.05) is 56.3 Å². The van der Waals surface area contributed by atoms with Gasteiger partial charge in [0.25, 0.3) is 5.91 Å². The molecule has 32 heavy (non-hydrogen) atoms. The topological polar surface area (TPSA) is 60.0 Å². The molecule has 6 heteroatoms. The van der Waals surface area contributed by atoms with Gasteiger partial charge in [-0.25, -0.2) is 0 Å². The van der Waals surface area contributed by atoms with E-state index in [1.54, 1.807) is 19.0 Å². The van der Waals surface area contributed by atoms with Crippen LogP contribution in [0.3, 0.4) is 0 Å². The SMILES string of the molecule is CCNC(=NCC(c1ccccc1)N(CC)CC)NCCc1cccc(C(=O)N(C)C)c1. The fourth-order valence-electron chi connectivity index (χ4n) is 3.73. The van der Waals surface area contributed by atoms with Crippen molar-refractivity contribution in [2.24, 2.45) is 4.99 Å². The Morgan fingerprint density at radius 2 is 1.69 bits per heavy atom. The third kappa shape index (κ3) is 7.68. The number of likely N-dealkylation sites (N-methyl/N-ethyl adjacent to an activating group) is 1. The first-order valence-corrected chi connectivity index (χ1v) is 11.6. The van der Waals surface area contributed by atoms with E-state index in [-0.39, 0.29) is 11.9 Å². The Labute approximate surface area is 193 Å². The number of benzene rings is 2. The Hall–Kier alpha value is -2.86. The third-order valence-electron chi connectivity index (χ3n) is 5.49. The van der Waals surface area contributed by atoms with E-state index in [1.165, 1.54) is 5.56 Å². The lowest BCUT2D eigenvalue weighted by Gasteiger charge is -2.29. The molecule has 1 amide bonds. The van der Waals surface area contributed by atoms with Crippen LogP contribution < -0.4 is 10.6 Å². The van der Waals surface area contributed by atoms with Gasteiger partial charge in [0.05, 0.1) is 12.6 Å². The van der Waals surface area contributed by atoms with Gasteiger partial charge in [-0.3, -0.25) is 14.7 Å². The van der Waals surface area contributed by atoms with Crippen molar-refractivity contribution in [3.8, 4) is 0 Å². The molecule has 174 valence electrons. The molecule has 0 aliphatic rings. The zero-order valence-electron chi connectivity index (χ0n) is 20.3. The molecule has 2 N–H and O–H groups in total. The average molecular weight is 438 g/mol. The van der Waals surface area contributed by atoms with E-state index < -0.39 is 0 Å². The molecule has 0 radical (unpaired) electrons. The second-order valence-corrected chi connectivity index (χ2v) is 7.94. The molecule has 0 heterocycles. The van der Waals surface area contributed by atoms with Crippen LogP contribution in [0.1, 0.15) is 48.3 Å². The molecule has 1 atom stereocenters. The second kappa shape index (κ2) is 13.5. The first-order chi connectivity index (χ1) is 15.5. The molecular formula is C26H39N5O. The van der Waals surface area contributed by atoms with Gasteiger partial charge in [0.15, 0.2) is 5.96 Å². The van der Waals surface area contributed by atoms with Crippen LogP contribution in [-0.4, -0.2) is 68.5 Å². The number of carbonyl (C=O) groups is 1. The predicted octanol–water partition coefficient (Wildman–Crippen LogP) is 3.57. The summed E-state index contributed by atoms with van der Waals surface area (Å²) in [5.74, 6) is 0.846. The standard InChI is InChI=1S/C26H39N5O/c1-6-27-26(28-18-17-21-13-12-16-23(19-21)25(32)30(4)5)29-20-24(31(7-2)8-3)22-14-10-9-11-15-22/h9-16,19,24H,6-8,17-18,20H2,1-5H3,(H2,27,28,29). The zero-order chi connectivity index (χ0) is 23.3. The van der Waals surface area contributed by atoms with Crippen molar-refractivity contribution in [2.45, 2.75) is 33.2 Å². The number of rotatable bonds is 11. The highest BCUT2D eigenvalue weighted by atomic mass is 16.2. The summed E-state index contributed by atoms with van der Waals surface area (Å²) in [6.45, 7) is 10.7. The molecule has 0 saturated carbocycles. The monoisotopic (exact) mass is 437 g/mol. The Bertz CT molecular complexity index is 846. The van der Waals surface area contributed by atoms with Crippen LogP contribution in [0.25, 0.3) is 0 Å². The third-order valence-corrected chi connectivity index (χ3v) is 5.49. The summed E-state index contributed by atoms with van der Waals surface area (Å²) >= 11 is 0. The van der Waals surface area contributed by atoms with Crippen molar-refractivity contribution in [3.63, 3.8) is 0 Å². The lowest BCUT2D eigenvalue weighted by molar-refractivity contribution is 0.0827. The summed E-state index contributed by atoms with van der Waals surface area (Å²) in [5, 5.41) is 6.80. The predicted molar refractivity (Wildman–Crippen MR) is 134 cm³/mol.